The number of aromatic nitrogens is 1. The van der Waals surface area contributed by atoms with Crippen molar-refractivity contribution >= 4 is 29.1 Å². The van der Waals surface area contributed by atoms with Gasteiger partial charge in [-0.3, -0.25) is 4.79 Å². The van der Waals surface area contributed by atoms with Crippen LogP contribution in [0.25, 0.3) is 11.3 Å². The molecule has 3 rings (SSSR count). The van der Waals surface area contributed by atoms with Crippen LogP contribution in [0.5, 0.6) is 0 Å². The number of hydrogen-bond donors (Lipinski definition) is 0. The lowest BCUT2D eigenvalue weighted by molar-refractivity contribution is -0.131. The minimum atomic E-state index is -0.739. The van der Waals surface area contributed by atoms with Crippen LogP contribution in [0, 0.1) is 11.6 Å². The maximum absolute atomic E-state index is 13.9. The molecule has 1 aromatic heterocycles. The fourth-order valence-corrected chi connectivity index (χ4v) is 3.50. The number of oxazole rings is 1. The molecule has 0 saturated heterocycles. The molecule has 1 amide bonds. The van der Waals surface area contributed by atoms with Crippen molar-refractivity contribution in [3.05, 3.63) is 75.7 Å². The van der Waals surface area contributed by atoms with E-state index in [-0.39, 0.29) is 42.0 Å². The highest BCUT2D eigenvalue weighted by Crippen LogP contribution is 2.30. The van der Waals surface area contributed by atoms with E-state index in [0.29, 0.717) is 10.0 Å². The van der Waals surface area contributed by atoms with Gasteiger partial charge >= 0.3 is 0 Å². The number of nitrogens with zero attached hydrogens (tertiary/aromatic N) is 2. The van der Waals surface area contributed by atoms with Crippen molar-refractivity contribution in [2.45, 2.75) is 25.8 Å². The minimum absolute atomic E-state index is 0.0160. The molecule has 152 valence electrons. The Morgan fingerprint density at radius 2 is 1.90 bits per heavy atom. The van der Waals surface area contributed by atoms with E-state index < -0.39 is 11.6 Å². The first-order valence-corrected chi connectivity index (χ1v) is 9.63. The fourth-order valence-electron chi connectivity index (χ4n) is 2.93. The standard InChI is InChI=1S/C21H18Cl2F2N2O2/c1-12(14-7-6-13(22)10-15(14)23)27(2)20(28)9-8-19-26-11-18(29-19)21-16(24)4-3-5-17(21)25/h3-7,10-12H,8-9H2,1-2H3/t12-/m1/s1. The van der Waals surface area contributed by atoms with E-state index in [0.717, 1.165) is 17.7 Å². The molecular formula is C21H18Cl2F2N2O2. The second-order valence-corrected chi connectivity index (χ2v) is 7.40. The molecule has 0 aliphatic heterocycles. The Balaban J connectivity index is 1.65. The van der Waals surface area contributed by atoms with Crippen LogP contribution in [0.2, 0.25) is 10.0 Å². The van der Waals surface area contributed by atoms with Gasteiger partial charge in [0.2, 0.25) is 5.91 Å². The van der Waals surface area contributed by atoms with Crippen LogP contribution in [-0.2, 0) is 11.2 Å². The summed E-state index contributed by atoms with van der Waals surface area (Å²) in [6.45, 7) is 1.86. The molecule has 3 aromatic rings. The lowest BCUT2D eigenvalue weighted by Gasteiger charge is -2.26. The Morgan fingerprint density at radius 1 is 1.21 bits per heavy atom. The molecule has 0 aliphatic carbocycles. The zero-order chi connectivity index (χ0) is 21.1. The van der Waals surface area contributed by atoms with E-state index >= 15 is 0 Å². The van der Waals surface area contributed by atoms with Crippen LogP contribution >= 0.6 is 23.2 Å². The first-order chi connectivity index (χ1) is 13.8. The van der Waals surface area contributed by atoms with Gasteiger partial charge in [-0.2, -0.15) is 0 Å². The van der Waals surface area contributed by atoms with Crippen molar-refractivity contribution in [1.82, 2.24) is 9.88 Å². The smallest absolute Gasteiger partial charge is 0.223 e. The van der Waals surface area contributed by atoms with Crippen molar-refractivity contribution < 1.29 is 18.0 Å². The van der Waals surface area contributed by atoms with Crippen molar-refractivity contribution in [2.75, 3.05) is 7.05 Å². The average molecular weight is 439 g/mol. The minimum Gasteiger partial charge on any atom is -0.441 e. The molecule has 2 aromatic carbocycles. The van der Waals surface area contributed by atoms with E-state index in [1.54, 1.807) is 30.1 Å². The fraction of sp³-hybridized carbons (Fsp3) is 0.238. The molecule has 0 fully saturated rings. The Bertz CT molecular complexity index is 1020. The van der Waals surface area contributed by atoms with Gasteiger partial charge in [-0.25, -0.2) is 13.8 Å². The van der Waals surface area contributed by atoms with Crippen LogP contribution in [0.3, 0.4) is 0 Å². The topological polar surface area (TPSA) is 46.3 Å². The number of aryl methyl sites for hydroxylation is 1. The van der Waals surface area contributed by atoms with E-state index in [1.807, 2.05) is 6.92 Å². The highest BCUT2D eigenvalue weighted by molar-refractivity contribution is 6.35. The number of carbonyl (C=O) groups is 1. The molecule has 0 spiro atoms. The largest absolute Gasteiger partial charge is 0.441 e. The summed E-state index contributed by atoms with van der Waals surface area (Å²) >= 11 is 12.1. The average Bonchev–Trinajstić information content (AvgIpc) is 3.13. The maximum atomic E-state index is 13.9. The Kier molecular flexibility index (Phi) is 6.55. The lowest BCUT2D eigenvalue weighted by atomic mass is 10.1. The number of halogens is 4. The Hall–Kier alpha value is -2.44. The molecule has 0 saturated carbocycles. The van der Waals surface area contributed by atoms with Gasteiger partial charge < -0.3 is 9.32 Å². The normalized spacial score (nSPS) is 12.1. The molecule has 1 atom stereocenters. The summed E-state index contributed by atoms with van der Waals surface area (Å²) in [4.78, 5) is 18.2. The second-order valence-electron chi connectivity index (χ2n) is 6.56. The highest BCUT2D eigenvalue weighted by atomic mass is 35.5. The van der Waals surface area contributed by atoms with Gasteiger partial charge in [-0.1, -0.05) is 35.3 Å². The quantitative estimate of drug-likeness (QED) is 0.468. The molecule has 0 aliphatic rings. The van der Waals surface area contributed by atoms with Crippen molar-refractivity contribution in [3.8, 4) is 11.3 Å². The molecule has 8 heteroatoms. The summed E-state index contributed by atoms with van der Waals surface area (Å²) in [6.07, 6.45) is 1.56. The van der Waals surface area contributed by atoms with Gasteiger partial charge in [0, 0.05) is 29.9 Å². The van der Waals surface area contributed by atoms with Crippen LogP contribution < -0.4 is 0 Å². The third kappa shape index (κ3) is 4.77. The zero-order valence-electron chi connectivity index (χ0n) is 15.8. The van der Waals surface area contributed by atoms with E-state index in [1.165, 1.54) is 12.3 Å². The van der Waals surface area contributed by atoms with Crippen molar-refractivity contribution in [1.29, 1.82) is 0 Å². The molecule has 0 radical (unpaired) electrons. The number of benzene rings is 2. The number of rotatable bonds is 6. The van der Waals surface area contributed by atoms with Crippen LogP contribution in [0.4, 0.5) is 8.78 Å². The van der Waals surface area contributed by atoms with Crippen LogP contribution in [0.15, 0.2) is 47.0 Å². The summed E-state index contributed by atoms with van der Waals surface area (Å²) in [5.74, 6) is -1.42. The first kappa shape index (κ1) is 21.3. The van der Waals surface area contributed by atoms with E-state index in [9.17, 15) is 13.6 Å². The molecule has 1 heterocycles. The van der Waals surface area contributed by atoms with Gasteiger partial charge in [0.05, 0.1) is 17.8 Å². The van der Waals surface area contributed by atoms with Crippen molar-refractivity contribution in [2.24, 2.45) is 0 Å². The number of amides is 1. The zero-order valence-corrected chi connectivity index (χ0v) is 17.3. The van der Waals surface area contributed by atoms with Gasteiger partial charge in [0.1, 0.15) is 11.6 Å². The van der Waals surface area contributed by atoms with Gasteiger partial charge in [0.25, 0.3) is 0 Å². The number of hydrogen-bond acceptors (Lipinski definition) is 3. The predicted molar refractivity (Wildman–Crippen MR) is 108 cm³/mol. The summed E-state index contributed by atoms with van der Waals surface area (Å²) < 4.78 is 33.2. The molecular weight excluding hydrogens is 421 g/mol. The second kappa shape index (κ2) is 8.93. The molecule has 0 N–H and O–H groups in total. The van der Waals surface area contributed by atoms with Crippen molar-refractivity contribution in [3.63, 3.8) is 0 Å². The van der Waals surface area contributed by atoms with Gasteiger partial charge in [0.15, 0.2) is 11.7 Å². The van der Waals surface area contributed by atoms with E-state index in [2.05, 4.69) is 4.98 Å². The van der Waals surface area contributed by atoms with Crippen LogP contribution in [0.1, 0.15) is 30.8 Å². The van der Waals surface area contributed by atoms with Crippen LogP contribution in [-0.4, -0.2) is 22.8 Å². The molecule has 0 bridgehead atoms. The summed E-state index contributed by atoms with van der Waals surface area (Å²) in [5, 5.41) is 1.000. The lowest BCUT2D eigenvalue weighted by Crippen LogP contribution is -2.30. The highest BCUT2D eigenvalue weighted by Gasteiger charge is 2.21. The van der Waals surface area contributed by atoms with Gasteiger partial charge in [-0.15, -0.1) is 0 Å². The molecule has 29 heavy (non-hydrogen) atoms. The Labute approximate surface area is 177 Å². The third-order valence-corrected chi connectivity index (χ3v) is 5.26. The van der Waals surface area contributed by atoms with Gasteiger partial charge in [-0.05, 0) is 36.8 Å². The SMILES string of the molecule is C[C@H](c1ccc(Cl)cc1Cl)N(C)C(=O)CCc1ncc(-c2c(F)cccc2F)o1. The predicted octanol–water partition coefficient (Wildman–Crippen LogP) is 6.08. The van der Waals surface area contributed by atoms with E-state index in [4.69, 9.17) is 27.6 Å². The summed E-state index contributed by atoms with van der Waals surface area (Å²) in [5.41, 5.74) is 0.501. The molecule has 0 unspecified atom stereocenters. The third-order valence-electron chi connectivity index (χ3n) is 4.70. The molecule has 4 nitrogen and oxygen atoms in total. The maximum Gasteiger partial charge on any atom is 0.223 e. The number of carbonyl (C=O) groups excluding carboxylic acids is 1. The summed E-state index contributed by atoms with van der Waals surface area (Å²) in [7, 11) is 1.67. The monoisotopic (exact) mass is 438 g/mol. The summed E-state index contributed by atoms with van der Waals surface area (Å²) in [6, 6.07) is 8.41. The Morgan fingerprint density at radius 3 is 2.55 bits per heavy atom. The first-order valence-electron chi connectivity index (χ1n) is 8.87.